The maximum atomic E-state index is 12.1. The first kappa shape index (κ1) is 14.6. The number of carbonyl (C=O) groups excluding carboxylic acids is 1. The van der Waals surface area contributed by atoms with Gasteiger partial charge in [0, 0.05) is 7.11 Å². The van der Waals surface area contributed by atoms with Crippen LogP contribution in [0.1, 0.15) is 13.8 Å². The van der Waals surface area contributed by atoms with E-state index in [2.05, 4.69) is 4.74 Å². The zero-order valence-corrected chi connectivity index (χ0v) is 10.3. The van der Waals surface area contributed by atoms with Gasteiger partial charge in [0.2, 0.25) is 0 Å². The summed E-state index contributed by atoms with van der Waals surface area (Å²) in [5, 5.41) is 0. The Bertz CT molecular complexity index is 231. The van der Waals surface area contributed by atoms with Gasteiger partial charge in [-0.3, -0.25) is 4.57 Å². The molecule has 0 aromatic rings. The molecule has 0 N–H and O–H groups in total. The lowest BCUT2D eigenvalue weighted by Gasteiger charge is -2.22. The maximum absolute atomic E-state index is 12.1. The van der Waals surface area contributed by atoms with Gasteiger partial charge in [-0.1, -0.05) is 0 Å². The summed E-state index contributed by atoms with van der Waals surface area (Å²) in [6, 6.07) is 0. The van der Waals surface area contributed by atoms with Crippen LogP contribution in [0.25, 0.3) is 0 Å². The van der Waals surface area contributed by atoms with Crippen molar-refractivity contribution in [2.45, 2.75) is 19.7 Å². The number of ether oxygens (including phenoxy) is 2. The zero-order valence-electron chi connectivity index (χ0n) is 9.39. The van der Waals surface area contributed by atoms with Crippen LogP contribution in [0, 0.1) is 0 Å². The lowest BCUT2D eigenvalue weighted by atomic mass is 10.7. The Hall–Kier alpha value is -0.420. The molecule has 0 saturated carbocycles. The van der Waals surface area contributed by atoms with Crippen LogP contribution in [0.4, 0.5) is 0 Å². The molecule has 0 aliphatic heterocycles. The van der Waals surface area contributed by atoms with E-state index in [4.69, 9.17) is 13.8 Å². The smallest absolute Gasteiger partial charge is 0.370 e. The van der Waals surface area contributed by atoms with Crippen molar-refractivity contribution in [3.63, 3.8) is 0 Å². The van der Waals surface area contributed by atoms with Crippen molar-refractivity contribution in [1.29, 1.82) is 0 Å². The summed E-state index contributed by atoms with van der Waals surface area (Å²) in [5.41, 5.74) is 0. The fraction of sp³-hybridized carbons (Fsp3) is 0.875. The van der Waals surface area contributed by atoms with Gasteiger partial charge in [-0.25, -0.2) is 4.79 Å². The summed E-state index contributed by atoms with van der Waals surface area (Å²) in [7, 11) is -1.18. The third-order valence-electron chi connectivity index (χ3n) is 1.53. The Kier molecular flexibility index (Phi) is 6.76. The fourth-order valence-electron chi connectivity index (χ4n) is 0.988. The van der Waals surface area contributed by atoms with Gasteiger partial charge in [0.05, 0.1) is 20.3 Å². The summed E-state index contributed by atoms with van der Waals surface area (Å²) in [4.78, 5) is 11.3. The Morgan fingerprint density at radius 3 is 1.93 bits per heavy atom. The topological polar surface area (TPSA) is 71.1 Å². The van der Waals surface area contributed by atoms with Gasteiger partial charge in [-0.15, -0.1) is 0 Å². The van der Waals surface area contributed by atoms with Gasteiger partial charge in [0.25, 0.3) is 5.85 Å². The lowest BCUT2D eigenvalue weighted by Crippen LogP contribution is -2.26. The first-order valence-corrected chi connectivity index (χ1v) is 6.16. The first-order chi connectivity index (χ1) is 7.05. The quantitative estimate of drug-likeness (QED) is 0.494. The molecule has 0 aliphatic rings. The van der Waals surface area contributed by atoms with Gasteiger partial charge in [-0.05, 0) is 13.8 Å². The molecule has 0 amide bonds. The molecule has 0 rings (SSSR count). The molecule has 15 heavy (non-hydrogen) atoms. The fourth-order valence-corrected chi connectivity index (χ4v) is 2.67. The van der Waals surface area contributed by atoms with Crippen molar-refractivity contribution in [1.82, 2.24) is 0 Å². The molecule has 0 fully saturated rings. The first-order valence-electron chi connectivity index (χ1n) is 4.55. The highest BCUT2D eigenvalue weighted by molar-refractivity contribution is 7.55. The molecule has 7 heteroatoms. The van der Waals surface area contributed by atoms with E-state index in [0.717, 1.165) is 0 Å². The zero-order chi connectivity index (χ0) is 11.9. The average Bonchev–Trinajstić information content (AvgIpc) is 2.19. The minimum atomic E-state index is -3.60. The number of rotatable bonds is 7. The van der Waals surface area contributed by atoms with E-state index >= 15 is 0 Å². The SMILES string of the molecule is CCOP(=O)(OCC)[C@@H](OC)C(=O)OC. The van der Waals surface area contributed by atoms with E-state index in [1.807, 2.05) is 0 Å². The lowest BCUT2D eigenvalue weighted by molar-refractivity contribution is -0.148. The van der Waals surface area contributed by atoms with E-state index < -0.39 is 19.4 Å². The number of hydrogen-bond acceptors (Lipinski definition) is 6. The third kappa shape index (κ3) is 3.91. The van der Waals surface area contributed by atoms with Crippen LogP contribution in [0.15, 0.2) is 0 Å². The van der Waals surface area contributed by atoms with E-state index in [0.29, 0.717) is 0 Å². The largest absolute Gasteiger partial charge is 0.467 e. The molecule has 0 heterocycles. The van der Waals surface area contributed by atoms with Crippen LogP contribution in [-0.4, -0.2) is 39.2 Å². The van der Waals surface area contributed by atoms with Crippen LogP contribution >= 0.6 is 7.60 Å². The molecule has 0 aliphatic carbocycles. The number of methoxy groups -OCH3 is 2. The average molecular weight is 240 g/mol. The Balaban J connectivity index is 4.84. The molecular weight excluding hydrogens is 223 g/mol. The summed E-state index contributed by atoms with van der Waals surface area (Å²) < 4.78 is 31.2. The highest BCUT2D eigenvalue weighted by Gasteiger charge is 2.42. The van der Waals surface area contributed by atoms with Gasteiger partial charge < -0.3 is 18.5 Å². The molecular formula is C8H17O6P. The molecule has 1 atom stereocenters. The molecule has 90 valence electrons. The van der Waals surface area contributed by atoms with Gasteiger partial charge >= 0.3 is 13.6 Å². The van der Waals surface area contributed by atoms with Crippen LogP contribution < -0.4 is 0 Å². The Labute approximate surface area is 89.4 Å². The van der Waals surface area contributed by atoms with Crippen LogP contribution in [0.5, 0.6) is 0 Å². The molecule has 6 nitrogen and oxygen atoms in total. The van der Waals surface area contributed by atoms with Crippen LogP contribution in [0.2, 0.25) is 0 Å². The predicted molar refractivity (Wildman–Crippen MR) is 53.7 cm³/mol. The minimum absolute atomic E-state index is 0.161. The third-order valence-corrected chi connectivity index (χ3v) is 3.76. The monoisotopic (exact) mass is 240 g/mol. The van der Waals surface area contributed by atoms with Crippen molar-refractivity contribution in [2.24, 2.45) is 0 Å². The molecule has 0 saturated heterocycles. The second kappa shape index (κ2) is 6.95. The van der Waals surface area contributed by atoms with Crippen LogP contribution in [0.3, 0.4) is 0 Å². The summed E-state index contributed by atoms with van der Waals surface area (Å²) in [5.74, 6) is -2.11. The Morgan fingerprint density at radius 2 is 1.67 bits per heavy atom. The van der Waals surface area contributed by atoms with E-state index in [9.17, 15) is 9.36 Å². The van der Waals surface area contributed by atoms with Crippen molar-refractivity contribution >= 4 is 13.6 Å². The summed E-state index contributed by atoms with van der Waals surface area (Å²) >= 11 is 0. The van der Waals surface area contributed by atoms with Crippen LogP contribution in [-0.2, 0) is 27.9 Å². The predicted octanol–water partition coefficient (Wildman–Crippen LogP) is 1.40. The molecule has 0 spiro atoms. The highest BCUT2D eigenvalue weighted by Crippen LogP contribution is 2.53. The normalized spacial score (nSPS) is 13.6. The molecule has 0 unspecified atom stereocenters. The standard InChI is InChI=1S/C8H17O6P/c1-5-13-15(10,14-6-2)8(12-4)7(9)11-3/h8H,5-6H2,1-4H3/t8-/m1/s1. The van der Waals surface area contributed by atoms with Crippen molar-refractivity contribution in [3.8, 4) is 0 Å². The van der Waals surface area contributed by atoms with E-state index in [1.165, 1.54) is 14.2 Å². The number of hydrogen-bond donors (Lipinski definition) is 0. The summed E-state index contributed by atoms with van der Waals surface area (Å²) in [6.07, 6.45) is 0. The molecule has 0 aromatic heterocycles. The van der Waals surface area contributed by atoms with E-state index in [1.54, 1.807) is 13.8 Å². The van der Waals surface area contributed by atoms with E-state index in [-0.39, 0.29) is 13.2 Å². The molecule has 0 aromatic carbocycles. The molecule has 0 bridgehead atoms. The van der Waals surface area contributed by atoms with Gasteiger partial charge in [0.15, 0.2) is 0 Å². The minimum Gasteiger partial charge on any atom is -0.467 e. The van der Waals surface area contributed by atoms with Crippen molar-refractivity contribution < 1.29 is 27.9 Å². The number of carbonyl (C=O) groups is 1. The number of esters is 1. The second-order valence-corrected chi connectivity index (χ2v) is 4.55. The maximum Gasteiger partial charge on any atom is 0.370 e. The van der Waals surface area contributed by atoms with Gasteiger partial charge in [0.1, 0.15) is 0 Å². The summed E-state index contributed by atoms with van der Waals surface area (Å²) in [6.45, 7) is 3.62. The second-order valence-electron chi connectivity index (χ2n) is 2.49. The Morgan fingerprint density at radius 1 is 1.20 bits per heavy atom. The van der Waals surface area contributed by atoms with Crippen molar-refractivity contribution in [2.75, 3.05) is 27.4 Å². The van der Waals surface area contributed by atoms with Gasteiger partial charge in [-0.2, -0.15) is 0 Å². The molecule has 0 radical (unpaired) electrons. The highest BCUT2D eigenvalue weighted by atomic mass is 31.2. The van der Waals surface area contributed by atoms with Crippen molar-refractivity contribution in [3.05, 3.63) is 0 Å².